The minimum Gasteiger partial charge on any atom is -0.489 e. The fourth-order valence-corrected chi connectivity index (χ4v) is 5.73. The third kappa shape index (κ3) is 8.49. The van der Waals surface area contributed by atoms with E-state index in [1.807, 2.05) is 0 Å². The van der Waals surface area contributed by atoms with Gasteiger partial charge in [-0.3, -0.25) is 18.8 Å². The first-order valence-electron chi connectivity index (χ1n) is 15.7. The van der Waals surface area contributed by atoms with E-state index in [4.69, 9.17) is 9.47 Å². The Labute approximate surface area is 277 Å². The van der Waals surface area contributed by atoms with Gasteiger partial charge in [0.25, 0.3) is 5.91 Å². The lowest BCUT2D eigenvalue weighted by atomic mass is 10.1. The van der Waals surface area contributed by atoms with Crippen LogP contribution >= 0.6 is 0 Å². The van der Waals surface area contributed by atoms with E-state index in [0.717, 1.165) is 5.56 Å². The van der Waals surface area contributed by atoms with Crippen LogP contribution in [-0.2, 0) is 20.7 Å². The van der Waals surface area contributed by atoms with Crippen LogP contribution in [0.3, 0.4) is 0 Å². The average Bonchev–Trinajstić information content (AvgIpc) is 3.70. The fourth-order valence-electron chi connectivity index (χ4n) is 5.73. The highest BCUT2D eigenvalue weighted by Gasteiger charge is 2.42. The predicted molar refractivity (Wildman–Crippen MR) is 172 cm³/mol. The number of carbonyl (C=O) groups is 3. The van der Waals surface area contributed by atoms with Crippen LogP contribution in [0.25, 0.3) is 5.78 Å². The number of nitrogens with one attached hydrogen (secondary N) is 2. The summed E-state index contributed by atoms with van der Waals surface area (Å²) in [6.07, 6.45) is 4.51. The maximum atomic E-state index is 14.2. The molecular weight excluding hydrogens is 624 g/mol. The topological polar surface area (TPSA) is 130 Å². The molecule has 2 N–H and O–H groups in total. The molecule has 1 saturated heterocycles. The molecule has 0 bridgehead atoms. The van der Waals surface area contributed by atoms with Crippen LogP contribution in [0.5, 0.6) is 5.75 Å². The number of aromatic nitrogens is 3. The Morgan fingerprint density at radius 2 is 1.79 bits per heavy atom. The van der Waals surface area contributed by atoms with E-state index in [0.29, 0.717) is 24.4 Å². The molecule has 1 aliphatic rings. The Hall–Kier alpha value is -4.95. The van der Waals surface area contributed by atoms with Crippen molar-refractivity contribution in [3.63, 3.8) is 0 Å². The van der Waals surface area contributed by atoms with Crippen LogP contribution in [-0.4, -0.2) is 107 Å². The van der Waals surface area contributed by atoms with Crippen LogP contribution in [0.2, 0.25) is 0 Å². The molecule has 3 amide bonds. The maximum Gasteiger partial charge on any atom is 0.274 e. The highest BCUT2D eigenvalue weighted by molar-refractivity contribution is 5.93. The summed E-state index contributed by atoms with van der Waals surface area (Å²) in [5.74, 6) is -1.13. The monoisotopic (exact) mass is 663 g/mol. The second kappa shape index (κ2) is 15.8. The van der Waals surface area contributed by atoms with E-state index in [1.165, 1.54) is 43.5 Å². The minimum atomic E-state index is -1.02. The summed E-state index contributed by atoms with van der Waals surface area (Å²) >= 11 is 0. The molecule has 2 aromatic carbocycles. The van der Waals surface area contributed by atoms with Crippen LogP contribution in [0.1, 0.15) is 29.4 Å². The normalized spacial score (nSPS) is 17.2. The quantitative estimate of drug-likeness (QED) is 0.211. The highest BCUT2D eigenvalue weighted by atomic mass is 19.1. The van der Waals surface area contributed by atoms with Crippen molar-refractivity contribution in [2.75, 3.05) is 40.3 Å². The van der Waals surface area contributed by atoms with Crippen molar-refractivity contribution in [1.82, 2.24) is 34.8 Å². The lowest BCUT2D eigenvalue weighted by Gasteiger charge is -2.34. The van der Waals surface area contributed by atoms with Gasteiger partial charge in [-0.25, -0.2) is 18.7 Å². The van der Waals surface area contributed by atoms with Crippen molar-refractivity contribution in [3.05, 3.63) is 96.1 Å². The molecule has 0 radical (unpaired) electrons. The van der Waals surface area contributed by atoms with Gasteiger partial charge >= 0.3 is 0 Å². The van der Waals surface area contributed by atoms with Crippen molar-refractivity contribution in [2.24, 2.45) is 0 Å². The standard InChI is InChI=1S/C34H39F2N7O5/c1-22(47-3)31(40-30(44)18-37-2)33(46)43-20-28(48-27-11-9-25(36)10-12-27)17-26(43)19-41(16-13-23-5-7-24(35)8-6-23)32(45)29-21-42-15-4-14-38-34(42)39-29/h4-12,14-15,21-22,26,28,31,37H,13,16-20H2,1-3H3,(H,40,44). The summed E-state index contributed by atoms with van der Waals surface area (Å²) in [6, 6.07) is 11.8. The predicted octanol–water partition coefficient (Wildman–Crippen LogP) is 2.48. The summed E-state index contributed by atoms with van der Waals surface area (Å²) in [7, 11) is 3.08. The van der Waals surface area contributed by atoms with Gasteiger partial charge in [0.1, 0.15) is 35.2 Å². The summed E-state index contributed by atoms with van der Waals surface area (Å²) in [4.78, 5) is 52.8. The third-order valence-corrected chi connectivity index (χ3v) is 8.29. The van der Waals surface area contributed by atoms with E-state index in [-0.39, 0.29) is 49.5 Å². The van der Waals surface area contributed by atoms with E-state index in [9.17, 15) is 23.2 Å². The van der Waals surface area contributed by atoms with E-state index >= 15 is 0 Å². The fraction of sp³-hybridized carbons (Fsp3) is 0.382. The maximum absolute atomic E-state index is 14.2. The summed E-state index contributed by atoms with van der Waals surface area (Å²) in [6.45, 7) is 2.18. The van der Waals surface area contributed by atoms with Crippen LogP contribution in [0.4, 0.5) is 8.78 Å². The first kappa shape index (κ1) is 34.4. The number of rotatable bonds is 14. The van der Waals surface area contributed by atoms with Gasteiger partial charge in [-0.2, -0.15) is 0 Å². The second-order valence-corrected chi connectivity index (χ2v) is 11.7. The lowest BCUT2D eigenvalue weighted by Crippen LogP contribution is -2.57. The van der Waals surface area contributed by atoms with Gasteiger partial charge in [0.05, 0.1) is 25.2 Å². The summed E-state index contributed by atoms with van der Waals surface area (Å²) in [5.41, 5.74) is 0.997. The molecule has 2 aromatic heterocycles. The average molecular weight is 664 g/mol. The molecule has 1 fully saturated rings. The van der Waals surface area contributed by atoms with Crippen molar-refractivity contribution in [2.45, 2.75) is 44.1 Å². The number of carbonyl (C=O) groups excluding carboxylic acids is 3. The first-order chi connectivity index (χ1) is 23.1. The Morgan fingerprint density at radius 3 is 2.46 bits per heavy atom. The molecule has 5 rings (SSSR count). The Morgan fingerprint density at radius 1 is 1.08 bits per heavy atom. The number of methoxy groups -OCH3 is 1. The van der Waals surface area contributed by atoms with Gasteiger partial charge < -0.3 is 29.9 Å². The van der Waals surface area contributed by atoms with Crippen LogP contribution in [0, 0.1) is 11.6 Å². The largest absolute Gasteiger partial charge is 0.489 e. The molecule has 3 heterocycles. The molecule has 48 heavy (non-hydrogen) atoms. The number of benzene rings is 2. The number of hydrogen-bond acceptors (Lipinski definition) is 8. The zero-order valence-corrected chi connectivity index (χ0v) is 27.0. The number of hydrogen-bond donors (Lipinski definition) is 2. The highest BCUT2D eigenvalue weighted by Crippen LogP contribution is 2.26. The third-order valence-electron chi connectivity index (χ3n) is 8.29. The molecule has 0 saturated carbocycles. The number of imidazole rings is 1. The van der Waals surface area contributed by atoms with Crippen molar-refractivity contribution < 1.29 is 32.6 Å². The molecule has 0 spiro atoms. The van der Waals surface area contributed by atoms with Gasteiger partial charge in [-0.15, -0.1) is 0 Å². The van der Waals surface area contributed by atoms with Gasteiger partial charge in [0.15, 0.2) is 0 Å². The molecular formula is C34H39F2N7O5. The van der Waals surface area contributed by atoms with Crippen molar-refractivity contribution >= 4 is 23.5 Å². The lowest BCUT2D eigenvalue weighted by molar-refractivity contribution is -0.141. The number of likely N-dealkylation sites (tertiary alicyclic amines) is 1. The molecule has 14 heteroatoms. The first-order valence-corrected chi connectivity index (χ1v) is 15.7. The molecule has 0 aliphatic carbocycles. The number of nitrogens with zero attached hydrogens (tertiary/aromatic N) is 5. The van der Waals surface area contributed by atoms with Gasteiger partial charge in [0, 0.05) is 45.2 Å². The number of halogens is 2. The number of amides is 3. The van der Waals surface area contributed by atoms with Gasteiger partial charge in [0.2, 0.25) is 17.6 Å². The van der Waals surface area contributed by atoms with E-state index in [1.54, 1.807) is 65.0 Å². The number of ether oxygens (including phenoxy) is 2. The molecule has 1 aliphatic heterocycles. The molecule has 4 aromatic rings. The zero-order chi connectivity index (χ0) is 34.2. The van der Waals surface area contributed by atoms with Crippen LogP contribution < -0.4 is 15.4 Å². The molecule has 4 unspecified atom stereocenters. The molecule has 254 valence electrons. The van der Waals surface area contributed by atoms with E-state index in [2.05, 4.69) is 20.6 Å². The van der Waals surface area contributed by atoms with Crippen LogP contribution in [0.15, 0.2) is 73.2 Å². The Bertz CT molecular complexity index is 1670. The zero-order valence-electron chi connectivity index (χ0n) is 27.0. The number of fused-ring (bicyclic) bond motifs is 1. The van der Waals surface area contributed by atoms with Gasteiger partial charge in [-0.05, 0) is 68.4 Å². The Balaban J connectivity index is 1.45. The van der Waals surface area contributed by atoms with E-state index < -0.39 is 36.0 Å². The van der Waals surface area contributed by atoms with Gasteiger partial charge in [-0.1, -0.05) is 12.1 Å². The summed E-state index contributed by atoms with van der Waals surface area (Å²) < 4.78 is 40.5. The molecule has 4 atom stereocenters. The Kier molecular flexibility index (Phi) is 11.3. The van der Waals surface area contributed by atoms with Crippen molar-refractivity contribution in [3.8, 4) is 5.75 Å². The SMILES string of the molecule is CNCC(=O)NC(C(=O)N1CC(Oc2ccc(F)cc2)CC1CN(CCc1ccc(F)cc1)C(=O)c1cn2cccnc2n1)C(C)OC. The smallest absolute Gasteiger partial charge is 0.274 e. The minimum absolute atomic E-state index is 0.000515. The van der Waals surface area contributed by atoms with Crippen molar-refractivity contribution in [1.29, 1.82) is 0 Å². The summed E-state index contributed by atoms with van der Waals surface area (Å²) in [5, 5.41) is 5.55. The number of likely N-dealkylation sites (N-methyl/N-ethyl adjacent to an activating group) is 1. The second-order valence-electron chi connectivity index (χ2n) is 11.7. The molecule has 12 nitrogen and oxygen atoms in total.